The Bertz CT molecular complexity index is 1480. The molecule has 0 saturated carbocycles. The fourth-order valence-electron chi connectivity index (χ4n) is 4.88. The van der Waals surface area contributed by atoms with E-state index in [1.165, 1.54) is 0 Å². The van der Waals surface area contributed by atoms with Crippen LogP contribution in [0.5, 0.6) is 11.8 Å². The van der Waals surface area contributed by atoms with Crippen LogP contribution in [0.3, 0.4) is 0 Å². The summed E-state index contributed by atoms with van der Waals surface area (Å²) in [6.45, 7) is 9.52. The van der Waals surface area contributed by atoms with Gasteiger partial charge in [0.15, 0.2) is 0 Å². The molecule has 2 atom stereocenters. The highest BCUT2D eigenvalue weighted by Gasteiger charge is 2.24. The monoisotopic (exact) mass is 535 g/mol. The molecule has 1 aliphatic heterocycles. The van der Waals surface area contributed by atoms with Gasteiger partial charge in [0.25, 0.3) is 0 Å². The smallest absolute Gasteiger partial charge is 0.240 e. The fraction of sp³-hybridized carbons (Fsp3) is 0.464. The number of aryl methyl sites for hydroxylation is 1. The molecule has 0 fully saturated rings. The number of ether oxygens (including phenoxy) is 3. The lowest BCUT2D eigenvalue weighted by Crippen LogP contribution is -2.30. The number of methoxy groups -OCH3 is 1. The van der Waals surface area contributed by atoms with Crippen molar-refractivity contribution in [1.29, 1.82) is 0 Å². The summed E-state index contributed by atoms with van der Waals surface area (Å²) in [5, 5.41) is 31.8. The van der Waals surface area contributed by atoms with Crippen LogP contribution in [0.4, 0.5) is 0 Å². The molecule has 2 bridgehead atoms. The third kappa shape index (κ3) is 5.56. The number of hydrogen-bond donors (Lipinski definition) is 3. The van der Waals surface area contributed by atoms with Gasteiger partial charge in [0.05, 0.1) is 59.1 Å². The zero-order valence-corrected chi connectivity index (χ0v) is 23.4. The van der Waals surface area contributed by atoms with Gasteiger partial charge in [-0.25, -0.2) is 4.68 Å². The van der Waals surface area contributed by atoms with Crippen molar-refractivity contribution in [1.82, 2.24) is 35.1 Å². The van der Waals surface area contributed by atoms with E-state index in [0.29, 0.717) is 38.0 Å². The molecule has 0 radical (unpaired) electrons. The summed E-state index contributed by atoms with van der Waals surface area (Å²) in [6.07, 6.45) is 3.22. The summed E-state index contributed by atoms with van der Waals surface area (Å²) < 4.78 is 21.6. The molecule has 11 heteroatoms. The Morgan fingerprint density at radius 2 is 2.03 bits per heavy atom. The van der Waals surface area contributed by atoms with E-state index in [2.05, 4.69) is 21.6 Å². The van der Waals surface area contributed by atoms with Gasteiger partial charge in [0, 0.05) is 32.6 Å². The number of aliphatic hydroxyl groups excluding tert-OH is 1. The number of benzene rings is 1. The Morgan fingerprint density at radius 3 is 2.77 bits per heavy atom. The highest BCUT2D eigenvalue weighted by molar-refractivity contribution is 5.93. The van der Waals surface area contributed by atoms with Crippen LogP contribution in [0.15, 0.2) is 18.2 Å². The predicted molar refractivity (Wildman–Crippen MR) is 149 cm³/mol. The number of fused-ring (bicyclic) bond motifs is 4. The van der Waals surface area contributed by atoms with Crippen molar-refractivity contribution in [3.8, 4) is 22.9 Å². The van der Waals surface area contributed by atoms with Crippen molar-refractivity contribution in [2.45, 2.75) is 65.7 Å². The third-order valence-electron chi connectivity index (χ3n) is 6.52. The molecule has 4 aromatic rings. The molecule has 1 aromatic carbocycles. The quantitative estimate of drug-likeness (QED) is 0.343. The number of aromatic nitrogens is 6. The van der Waals surface area contributed by atoms with Crippen molar-refractivity contribution in [2.24, 2.45) is 7.05 Å². The van der Waals surface area contributed by atoms with Crippen LogP contribution in [-0.4, -0.2) is 66.8 Å². The van der Waals surface area contributed by atoms with Crippen LogP contribution in [0.25, 0.3) is 34.2 Å². The van der Waals surface area contributed by atoms with Crippen molar-refractivity contribution in [2.75, 3.05) is 13.7 Å². The summed E-state index contributed by atoms with van der Waals surface area (Å²) in [5.41, 5.74) is 6.15. The highest BCUT2D eigenvalue weighted by atomic mass is 16.5. The second kappa shape index (κ2) is 11.2. The van der Waals surface area contributed by atoms with E-state index in [-0.39, 0.29) is 12.2 Å². The minimum absolute atomic E-state index is 0.0562. The average Bonchev–Trinajstić information content (AvgIpc) is 3.50. The Balaban J connectivity index is 1.68. The second-order valence-electron chi connectivity index (χ2n) is 10.3. The van der Waals surface area contributed by atoms with E-state index in [1.54, 1.807) is 18.7 Å². The van der Waals surface area contributed by atoms with Gasteiger partial charge in [0.2, 0.25) is 11.8 Å². The molecule has 3 N–H and O–H groups in total. The molecule has 208 valence electrons. The normalized spacial score (nSPS) is 17.4. The molecule has 0 aliphatic carbocycles. The number of aromatic amines is 1. The Hall–Kier alpha value is -3.67. The fourth-order valence-corrected chi connectivity index (χ4v) is 4.88. The maximum atomic E-state index is 10.2. The lowest BCUT2D eigenvalue weighted by Gasteiger charge is -2.18. The number of aliphatic hydroxyl groups is 1. The van der Waals surface area contributed by atoms with Gasteiger partial charge < -0.3 is 24.6 Å². The third-order valence-corrected chi connectivity index (χ3v) is 6.52. The molecule has 5 rings (SSSR count). The Labute approximate surface area is 227 Å². The number of hydrogen-bond acceptors (Lipinski definition) is 8. The zero-order valence-electron chi connectivity index (χ0n) is 23.4. The topological polar surface area (TPSA) is 124 Å². The van der Waals surface area contributed by atoms with Crippen molar-refractivity contribution < 1.29 is 19.3 Å². The summed E-state index contributed by atoms with van der Waals surface area (Å²) in [7, 11) is 3.55. The van der Waals surface area contributed by atoms with Crippen molar-refractivity contribution in [3.05, 3.63) is 40.8 Å². The van der Waals surface area contributed by atoms with E-state index in [4.69, 9.17) is 24.4 Å². The van der Waals surface area contributed by atoms with E-state index < -0.39 is 6.10 Å². The van der Waals surface area contributed by atoms with E-state index in [0.717, 1.165) is 44.7 Å². The Morgan fingerprint density at radius 1 is 1.21 bits per heavy atom. The number of nitrogens with one attached hydrogen (secondary N) is 2. The van der Waals surface area contributed by atoms with Crippen LogP contribution in [0.2, 0.25) is 0 Å². The van der Waals surface area contributed by atoms with Crippen LogP contribution in [0, 0.1) is 0 Å². The summed E-state index contributed by atoms with van der Waals surface area (Å²) in [4.78, 5) is 0. The van der Waals surface area contributed by atoms with Gasteiger partial charge >= 0.3 is 0 Å². The summed E-state index contributed by atoms with van der Waals surface area (Å²) >= 11 is 0. The SMILES string of the molecule is COCc1nn(C)c2c1-c1ccc3n[nH]c(c3c1)/C=C/c1c(OC(C)C)nn(CC(C)O)c1CNCC(C)O2. The molecule has 0 amide bonds. The van der Waals surface area contributed by atoms with E-state index in [1.807, 2.05) is 56.8 Å². The van der Waals surface area contributed by atoms with Gasteiger partial charge in [-0.2, -0.15) is 10.2 Å². The largest absolute Gasteiger partial charge is 0.473 e. The first-order chi connectivity index (χ1) is 18.7. The number of nitrogens with zero attached hydrogens (tertiary/aromatic N) is 5. The van der Waals surface area contributed by atoms with Crippen LogP contribution < -0.4 is 14.8 Å². The zero-order chi connectivity index (χ0) is 27.7. The van der Waals surface area contributed by atoms with Gasteiger partial charge in [-0.15, -0.1) is 5.10 Å². The standard InChI is InChI=1S/C28H37N7O4/c1-16(2)38-27-20-8-10-23-21-11-19(7-9-22(21)30-31-23)26-24(15-37-6)32-34(5)28(26)39-18(4)12-29-13-25(20)35(33-27)14-17(3)36/h7-11,16-18,29,36H,12-15H2,1-6H3,(H,30,31)/b10-8+. The number of rotatable bonds is 6. The lowest BCUT2D eigenvalue weighted by atomic mass is 10.0. The molecular formula is C28H37N7O4. The lowest BCUT2D eigenvalue weighted by molar-refractivity contribution is 0.164. The summed E-state index contributed by atoms with van der Waals surface area (Å²) in [6, 6.07) is 6.13. The van der Waals surface area contributed by atoms with E-state index in [9.17, 15) is 5.11 Å². The summed E-state index contributed by atoms with van der Waals surface area (Å²) in [5.74, 6) is 1.21. The van der Waals surface area contributed by atoms with Gasteiger partial charge in [-0.05, 0) is 57.5 Å². The minimum Gasteiger partial charge on any atom is -0.473 e. The van der Waals surface area contributed by atoms with Crippen molar-refractivity contribution >= 4 is 23.1 Å². The van der Waals surface area contributed by atoms with Gasteiger partial charge in [0.1, 0.15) is 6.10 Å². The number of H-pyrrole nitrogens is 1. The molecule has 1 aliphatic rings. The minimum atomic E-state index is -0.566. The maximum absolute atomic E-state index is 10.2. The molecule has 11 nitrogen and oxygen atoms in total. The first-order valence-corrected chi connectivity index (χ1v) is 13.3. The van der Waals surface area contributed by atoms with Gasteiger partial charge in [-0.1, -0.05) is 6.07 Å². The van der Waals surface area contributed by atoms with Crippen LogP contribution >= 0.6 is 0 Å². The highest BCUT2D eigenvalue weighted by Crippen LogP contribution is 2.37. The van der Waals surface area contributed by atoms with Crippen molar-refractivity contribution in [3.63, 3.8) is 0 Å². The predicted octanol–water partition coefficient (Wildman–Crippen LogP) is 3.52. The first kappa shape index (κ1) is 26.9. The van der Waals surface area contributed by atoms with Crippen LogP contribution in [-0.2, 0) is 31.5 Å². The maximum Gasteiger partial charge on any atom is 0.240 e. The van der Waals surface area contributed by atoms with Crippen LogP contribution in [0.1, 0.15) is 50.3 Å². The molecule has 2 unspecified atom stereocenters. The molecule has 0 saturated heterocycles. The molecule has 4 heterocycles. The molecular weight excluding hydrogens is 498 g/mol. The molecule has 3 aromatic heterocycles. The Kier molecular flexibility index (Phi) is 7.74. The first-order valence-electron chi connectivity index (χ1n) is 13.3. The molecule has 39 heavy (non-hydrogen) atoms. The van der Waals surface area contributed by atoms with Gasteiger partial charge in [-0.3, -0.25) is 9.78 Å². The molecule has 0 spiro atoms. The second-order valence-corrected chi connectivity index (χ2v) is 10.3. The average molecular weight is 536 g/mol. The van der Waals surface area contributed by atoms with E-state index >= 15 is 0 Å².